The summed E-state index contributed by atoms with van der Waals surface area (Å²) in [6, 6.07) is -1.60. The predicted molar refractivity (Wildman–Crippen MR) is 40.5 cm³/mol. The van der Waals surface area contributed by atoms with Crippen molar-refractivity contribution in [3.8, 4) is 0 Å². The van der Waals surface area contributed by atoms with E-state index in [2.05, 4.69) is 9.72 Å². The second-order valence-electron chi connectivity index (χ2n) is 1.70. The van der Waals surface area contributed by atoms with Gasteiger partial charge in [0.15, 0.2) is 5.69 Å². The highest BCUT2D eigenvalue weighted by atomic mass is 35.5. The molecule has 0 amide bonds. The van der Waals surface area contributed by atoms with E-state index in [1.54, 1.807) is 0 Å². The summed E-state index contributed by atoms with van der Waals surface area (Å²) >= 11 is 5.40. The number of ether oxygens (including phenoxy) is 1. The fraction of sp³-hybridized carbons (Fsp3) is 0.143. The van der Waals surface area contributed by atoms with Crippen LogP contribution in [0.3, 0.4) is 0 Å². The van der Waals surface area contributed by atoms with Crippen molar-refractivity contribution in [2.45, 2.75) is 0 Å². The molecule has 3 nitrogen and oxygen atoms in total. The van der Waals surface area contributed by atoms with E-state index >= 15 is 0 Å². The monoisotopic (exact) mass is 194 g/mol. The number of rotatable bonds is 1. The average Bonchev–Trinajstić information content (AvgIpc) is 2.17. The Hall–Kier alpha value is -1.16. The third kappa shape index (κ3) is 1.92. The van der Waals surface area contributed by atoms with Gasteiger partial charge in [0.25, 0.3) is 0 Å². The van der Waals surface area contributed by atoms with Gasteiger partial charge in [-0.05, 0) is 6.04 Å². The first kappa shape index (κ1) is 4.18. The van der Waals surface area contributed by atoms with E-state index in [0.717, 1.165) is 0 Å². The number of aromatic nitrogens is 1. The highest BCUT2D eigenvalue weighted by Crippen LogP contribution is 2.11. The maximum atomic E-state index is 13.0. The number of hydrogen-bond donors (Lipinski definition) is 0. The molecule has 0 fully saturated rings. The molecule has 0 saturated heterocycles. The molecule has 1 rings (SSSR count). The van der Waals surface area contributed by atoms with Gasteiger partial charge in [-0.15, -0.1) is 0 Å². The lowest BCUT2D eigenvalue weighted by Gasteiger charge is -1.98. The molecule has 0 aliphatic rings. The molecule has 5 heteroatoms. The quantitative estimate of drug-likeness (QED) is 0.504. The van der Waals surface area contributed by atoms with Gasteiger partial charge in [-0.3, -0.25) is 0 Å². The number of halogens is 2. The van der Waals surface area contributed by atoms with Gasteiger partial charge in [0.2, 0.25) is 5.95 Å². The van der Waals surface area contributed by atoms with Crippen molar-refractivity contribution in [1.82, 2.24) is 4.98 Å². The largest absolute Gasteiger partial charge is 0.464 e. The van der Waals surface area contributed by atoms with E-state index in [9.17, 15) is 9.18 Å². The van der Waals surface area contributed by atoms with Crippen LogP contribution in [0.1, 0.15) is 17.3 Å². The third-order valence-corrected chi connectivity index (χ3v) is 1.13. The molecule has 64 valence electrons. The Balaban J connectivity index is 3.20. The number of nitrogens with zero attached hydrogens (tertiary/aromatic N) is 1. The molecule has 0 unspecified atom stereocenters. The molecule has 1 heterocycles. The molecule has 12 heavy (non-hydrogen) atoms. The van der Waals surface area contributed by atoms with Gasteiger partial charge < -0.3 is 4.74 Å². The molecule has 0 atom stereocenters. The smallest absolute Gasteiger partial charge is 0.356 e. The van der Waals surface area contributed by atoms with Gasteiger partial charge in [0, 0.05) is 11.1 Å². The molecule has 1 aromatic heterocycles. The Morgan fingerprint density at radius 2 is 2.67 bits per heavy atom. The highest BCUT2D eigenvalue weighted by molar-refractivity contribution is 6.30. The lowest BCUT2D eigenvalue weighted by molar-refractivity contribution is 0.0592. The van der Waals surface area contributed by atoms with Crippen LogP contribution in [-0.4, -0.2) is 18.0 Å². The van der Waals surface area contributed by atoms with E-state index in [1.807, 2.05) is 0 Å². The van der Waals surface area contributed by atoms with Crippen molar-refractivity contribution >= 4 is 17.6 Å². The Labute approximate surface area is 80.1 Å². The fourth-order valence-electron chi connectivity index (χ4n) is 0.525. The molecule has 0 aromatic carbocycles. The Morgan fingerprint density at radius 1 is 1.92 bits per heavy atom. The number of carbonyl (C=O) groups is 1. The zero-order chi connectivity index (χ0) is 13.4. The van der Waals surface area contributed by atoms with Gasteiger partial charge in [-0.1, -0.05) is 11.6 Å². The Kier molecular flexibility index (Phi) is 1.22. The molecule has 0 bridgehead atoms. The number of carbonyl (C=O) groups excluding carboxylic acids is 1. The van der Waals surface area contributed by atoms with Gasteiger partial charge in [-0.25, -0.2) is 9.78 Å². The summed E-state index contributed by atoms with van der Waals surface area (Å²) in [5.74, 6) is -2.89. The number of esters is 1. The zero-order valence-corrected chi connectivity index (χ0v) is 6.28. The average molecular weight is 195 g/mol. The Morgan fingerprint density at radius 3 is 3.33 bits per heavy atom. The molecule has 0 aliphatic heterocycles. The van der Waals surface area contributed by atoms with Crippen LogP contribution in [0.4, 0.5) is 4.39 Å². The summed E-state index contributed by atoms with van der Waals surface area (Å²) in [4.78, 5) is 14.2. The topological polar surface area (TPSA) is 39.2 Å². The van der Waals surface area contributed by atoms with Gasteiger partial charge in [0.05, 0.1) is 13.9 Å². The minimum absolute atomic E-state index is 0.644. The SMILES string of the molecule is [2H]c1c(F)nc(C(=O)OC([2H])([2H])[2H])c([2H])c1Cl. The van der Waals surface area contributed by atoms with Crippen molar-refractivity contribution < 1.29 is 20.8 Å². The van der Waals surface area contributed by atoms with Gasteiger partial charge >= 0.3 is 5.97 Å². The molecular weight excluding hydrogens is 185 g/mol. The van der Waals surface area contributed by atoms with E-state index in [4.69, 9.17) is 18.5 Å². The molecule has 0 radical (unpaired) electrons. The fourth-order valence-corrected chi connectivity index (χ4v) is 0.692. The van der Waals surface area contributed by atoms with E-state index in [1.165, 1.54) is 0 Å². The molecule has 1 aromatic rings. The lowest BCUT2D eigenvalue weighted by Crippen LogP contribution is -2.05. The van der Waals surface area contributed by atoms with Crippen LogP contribution in [-0.2, 0) is 4.74 Å². The highest BCUT2D eigenvalue weighted by Gasteiger charge is 2.09. The van der Waals surface area contributed by atoms with Crippen LogP contribution in [0.5, 0.6) is 0 Å². The van der Waals surface area contributed by atoms with Crippen molar-refractivity contribution in [1.29, 1.82) is 0 Å². The standard InChI is InChI=1S/C7H5ClFNO2/c1-12-7(11)5-2-4(8)3-6(9)10-5/h2-3H,1H3/i1D3,2D,3D. The minimum Gasteiger partial charge on any atom is -0.464 e. The van der Waals surface area contributed by atoms with Gasteiger partial charge in [0.1, 0.15) is 0 Å². The van der Waals surface area contributed by atoms with Crippen LogP contribution >= 0.6 is 11.6 Å². The summed E-state index contributed by atoms with van der Waals surface area (Å²) in [5, 5.41) is -0.644. The maximum Gasteiger partial charge on any atom is 0.356 e. The lowest BCUT2D eigenvalue weighted by atomic mass is 10.3. The first-order chi connectivity index (χ1) is 7.63. The molecular formula is C7H5ClFNO2. The van der Waals surface area contributed by atoms with Crippen molar-refractivity contribution in [2.75, 3.05) is 7.04 Å². The summed E-state index contributed by atoms with van der Waals surface area (Å²) in [6.45, 7) is 0. The molecule has 0 N–H and O–H groups in total. The number of pyridine rings is 1. The van der Waals surface area contributed by atoms with Crippen molar-refractivity contribution in [2.24, 2.45) is 0 Å². The summed E-state index contributed by atoms with van der Waals surface area (Å²) < 4.78 is 51.3. The first-order valence-electron chi connectivity index (χ1n) is 5.19. The summed E-state index contributed by atoms with van der Waals surface area (Å²) in [6.07, 6.45) is 0. The van der Waals surface area contributed by atoms with Gasteiger partial charge in [-0.2, -0.15) is 4.39 Å². The van der Waals surface area contributed by atoms with Crippen molar-refractivity contribution in [3.63, 3.8) is 0 Å². The second kappa shape index (κ2) is 3.49. The normalized spacial score (nSPS) is 16.7. The number of hydrogen-bond acceptors (Lipinski definition) is 3. The van der Waals surface area contributed by atoms with Crippen molar-refractivity contribution in [3.05, 3.63) is 28.7 Å². The maximum absolute atomic E-state index is 13.0. The predicted octanol–water partition coefficient (Wildman–Crippen LogP) is 1.66. The summed E-state index contributed by atoms with van der Waals surface area (Å²) in [5.41, 5.74) is -0.889. The minimum atomic E-state index is -3.03. The third-order valence-electron chi connectivity index (χ3n) is 0.937. The molecule has 0 spiro atoms. The van der Waals surface area contributed by atoms with Crippen LogP contribution in [0, 0.1) is 5.95 Å². The van der Waals surface area contributed by atoms with Crippen LogP contribution < -0.4 is 0 Å². The number of methoxy groups -OCH3 is 1. The molecule has 0 aliphatic carbocycles. The first-order valence-corrected chi connectivity index (χ1v) is 3.07. The molecule has 0 saturated carbocycles. The Bertz CT molecular complexity index is 478. The van der Waals surface area contributed by atoms with E-state index in [0.29, 0.717) is 0 Å². The van der Waals surface area contributed by atoms with E-state index in [-0.39, 0.29) is 0 Å². The second-order valence-corrected chi connectivity index (χ2v) is 2.08. The zero-order valence-electron chi connectivity index (χ0n) is 10.5. The van der Waals surface area contributed by atoms with Crippen LogP contribution in [0.25, 0.3) is 0 Å². The summed E-state index contributed by atoms with van der Waals surface area (Å²) in [7, 11) is -3.03. The van der Waals surface area contributed by atoms with E-state index < -0.39 is 41.8 Å². The van der Waals surface area contributed by atoms with Crippen LogP contribution in [0.15, 0.2) is 12.1 Å². The van der Waals surface area contributed by atoms with Crippen LogP contribution in [0.2, 0.25) is 5.02 Å².